The standard InChI is InChI=1S/C14H19N3O2S/c1-3-7-17-10-15-8-12(17)14-16-11(9-20-14)5-6-13(18)19-4-2/h8-10H,3-7H2,1-2H3. The van der Waals surface area contributed by atoms with Crippen LogP contribution in [0.3, 0.4) is 0 Å². The van der Waals surface area contributed by atoms with Gasteiger partial charge in [-0.05, 0) is 13.3 Å². The number of rotatable bonds is 7. The highest BCUT2D eigenvalue weighted by molar-refractivity contribution is 7.13. The summed E-state index contributed by atoms with van der Waals surface area (Å²) in [7, 11) is 0. The van der Waals surface area contributed by atoms with Crippen LogP contribution in [0.2, 0.25) is 0 Å². The molecule has 0 saturated heterocycles. The first kappa shape index (κ1) is 14.7. The molecule has 0 aliphatic rings. The van der Waals surface area contributed by atoms with Crippen molar-refractivity contribution in [3.05, 3.63) is 23.6 Å². The average molecular weight is 293 g/mol. The van der Waals surface area contributed by atoms with Gasteiger partial charge in [0.25, 0.3) is 0 Å². The number of aromatic nitrogens is 3. The third-order valence-electron chi connectivity index (χ3n) is 2.84. The fraction of sp³-hybridized carbons (Fsp3) is 0.500. The molecular weight excluding hydrogens is 274 g/mol. The number of hydrogen-bond donors (Lipinski definition) is 0. The Kier molecular flexibility index (Phi) is 5.29. The second-order valence-corrected chi connectivity index (χ2v) is 5.28. The zero-order valence-corrected chi connectivity index (χ0v) is 12.7. The smallest absolute Gasteiger partial charge is 0.306 e. The van der Waals surface area contributed by atoms with Crippen LogP contribution in [0, 0.1) is 0 Å². The van der Waals surface area contributed by atoms with Gasteiger partial charge in [-0.1, -0.05) is 6.92 Å². The third kappa shape index (κ3) is 3.66. The van der Waals surface area contributed by atoms with Gasteiger partial charge in [0.2, 0.25) is 0 Å². The fourth-order valence-corrected chi connectivity index (χ4v) is 2.80. The zero-order chi connectivity index (χ0) is 14.4. The Morgan fingerprint density at radius 2 is 2.30 bits per heavy atom. The second kappa shape index (κ2) is 7.19. The molecule has 0 saturated carbocycles. The molecule has 0 fully saturated rings. The van der Waals surface area contributed by atoms with Crippen molar-refractivity contribution >= 4 is 17.3 Å². The van der Waals surface area contributed by atoms with Crippen LogP contribution in [0.4, 0.5) is 0 Å². The summed E-state index contributed by atoms with van der Waals surface area (Å²) in [4.78, 5) is 20.1. The van der Waals surface area contributed by atoms with Crippen molar-refractivity contribution in [3.63, 3.8) is 0 Å². The van der Waals surface area contributed by atoms with Crippen LogP contribution in [-0.4, -0.2) is 27.1 Å². The van der Waals surface area contributed by atoms with Crippen LogP contribution in [-0.2, 0) is 22.5 Å². The topological polar surface area (TPSA) is 57.0 Å². The molecule has 0 N–H and O–H groups in total. The minimum atomic E-state index is -0.168. The highest BCUT2D eigenvalue weighted by Crippen LogP contribution is 2.24. The lowest BCUT2D eigenvalue weighted by molar-refractivity contribution is -0.143. The van der Waals surface area contributed by atoms with Gasteiger partial charge in [-0.15, -0.1) is 11.3 Å². The lowest BCUT2D eigenvalue weighted by Crippen LogP contribution is -2.05. The number of carbonyl (C=O) groups excluding carboxylic acids is 1. The number of aryl methyl sites for hydroxylation is 2. The van der Waals surface area contributed by atoms with Gasteiger partial charge in [0.1, 0.15) is 5.01 Å². The first-order valence-corrected chi connectivity index (χ1v) is 7.73. The SMILES string of the molecule is CCCn1cncc1-c1nc(CCC(=O)OCC)cs1. The van der Waals surface area contributed by atoms with E-state index < -0.39 is 0 Å². The van der Waals surface area contributed by atoms with Crippen molar-refractivity contribution in [2.24, 2.45) is 0 Å². The van der Waals surface area contributed by atoms with Crippen LogP contribution in [0.25, 0.3) is 10.7 Å². The lowest BCUT2D eigenvalue weighted by Gasteiger charge is -2.03. The van der Waals surface area contributed by atoms with Crippen molar-refractivity contribution in [3.8, 4) is 10.7 Å². The molecule has 0 spiro atoms. The van der Waals surface area contributed by atoms with Crippen molar-refractivity contribution in [2.75, 3.05) is 6.61 Å². The normalized spacial score (nSPS) is 10.7. The van der Waals surface area contributed by atoms with Crippen molar-refractivity contribution in [2.45, 2.75) is 39.7 Å². The molecule has 2 rings (SSSR count). The Labute approximate surface area is 122 Å². The van der Waals surface area contributed by atoms with E-state index in [1.165, 1.54) is 0 Å². The minimum absolute atomic E-state index is 0.168. The first-order chi connectivity index (χ1) is 9.74. The van der Waals surface area contributed by atoms with Gasteiger partial charge >= 0.3 is 5.97 Å². The molecule has 2 heterocycles. The maximum Gasteiger partial charge on any atom is 0.306 e. The number of imidazole rings is 1. The molecule has 0 atom stereocenters. The number of thiazole rings is 1. The minimum Gasteiger partial charge on any atom is -0.466 e. The summed E-state index contributed by atoms with van der Waals surface area (Å²) in [5, 5.41) is 2.95. The van der Waals surface area contributed by atoms with E-state index in [2.05, 4.69) is 21.5 Å². The van der Waals surface area contributed by atoms with Gasteiger partial charge in [0.05, 0.1) is 36.9 Å². The zero-order valence-electron chi connectivity index (χ0n) is 11.8. The van der Waals surface area contributed by atoms with Gasteiger partial charge in [-0.3, -0.25) is 4.79 Å². The Bertz CT molecular complexity index is 562. The molecule has 5 nitrogen and oxygen atoms in total. The first-order valence-electron chi connectivity index (χ1n) is 6.85. The van der Waals surface area contributed by atoms with E-state index in [0.29, 0.717) is 19.4 Å². The molecule has 0 aromatic carbocycles. The summed E-state index contributed by atoms with van der Waals surface area (Å²) in [6.45, 7) is 5.31. The summed E-state index contributed by atoms with van der Waals surface area (Å²) in [5.74, 6) is -0.168. The van der Waals surface area contributed by atoms with Gasteiger partial charge in [0.15, 0.2) is 0 Å². The number of hydrogen-bond acceptors (Lipinski definition) is 5. The Morgan fingerprint density at radius 1 is 1.45 bits per heavy atom. The monoisotopic (exact) mass is 293 g/mol. The molecule has 6 heteroatoms. The summed E-state index contributed by atoms with van der Waals surface area (Å²) in [6, 6.07) is 0. The molecule has 0 amide bonds. The van der Waals surface area contributed by atoms with Crippen molar-refractivity contribution in [1.29, 1.82) is 0 Å². The molecule has 0 aliphatic carbocycles. The molecule has 108 valence electrons. The molecule has 0 radical (unpaired) electrons. The van der Waals surface area contributed by atoms with E-state index in [4.69, 9.17) is 4.74 Å². The Hall–Kier alpha value is -1.69. The van der Waals surface area contributed by atoms with Gasteiger partial charge in [0, 0.05) is 18.3 Å². The van der Waals surface area contributed by atoms with Crippen molar-refractivity contribution < 1.29 is 9.53 Å². The predicted molar refractivity (Wildman–Crippen MR) is 78.6 cm³/mol. The summed E-state index contributed by atoms with van der Waals surface area (Å²) >= 11 is 1.59. The maximum atomic E-state index is 11.3. The average Bonchev–Trinajstić information content (AvgIpc) is 3.05. The highest BCUT2D eigenvalue weighted by Gasteiger charge is 2.11. The van der Waals surface area contributed by atoms with Crippen LogP contribution >= 0.6 is 11.3 Å². The number of nitrogens with zero attached hydrogens (tertiary/aromatic N) is 3. The van der Waals surface area contributed by atoms with Gasteiger partial charge < -0.3 is 9.30 Å². The second-order valence-electron chi connectivity index (χ2n) is 4.42. The number of esters is 1. The lowest BCUT2D eigenvalue weighted by atomic mass is 10.2. The molecule has 0 bridgehead atoms. The largest absolute Gasteiger partial charge is 0.466 e. The number of carbonyl (C=O) groups is 1. The van der Waals surface area contributed by atoms with Gasteiger partial charge in [-0.2, -0.15) is 0 Å². The predicted octanol–water partition coefficient (Wildman–Crippen LogP) is 2.91. The van der Waals surface area contributed by atoms with Crippen LogP contribution in [0.15, 0.2) is 17.9 Å². The van der Waals surface area contributed by atoms with E-state index in [1.807, 2.05) is 24.8 Å². The molecule has 2 aromatic rings. The van der Waals surface area contributed by atoms with Crippen molar-refractivity contribution in [1.82, 2.24) is 14.5 Å². The molecule has 0 aliphatic heterocycles. The quantitative estimate of drug-likeness (QED) is 0.737. The summed E-state index contributed by atoms with van der Waals surface area (Å²) in [6.07, 6.45) is 5.73. The maximum absolute atomic E-state index is 11.3. The summed E-state index contributed by atoms with van der Waals surface area (Å²) in [5.41, 5.74) is 1.97. The Morgan fingerprint density at radius 3 is 3.05 bits per heavy atom. The van der Waals surface area contributed by atoms with E-state index in [0.717, 1.165) is 29.4 Å². The highest BCUT2D eigenvalue weighted by atomic mass is 32.1. The van der Waals surface area contributed by atoms with Gasteiger partial charge in [-0.25, -0.2) is 9.97 Å². The van der Waals surface area contributed by atoms with Crippen LogP contribution < -0.4 is 0 Å². The van der Waals surface area contributed by atoms with E-state index in [-0.39, 0.29) is 5.97 Å². The number of ether oxygens (including phenoxy) is 1. The Balaban J connectivity index is 2.01. The summed E-state index contributed by atoms with van der Waals surface area (Å²) < 4.78 is 7.02. The molecule has 20 heavy (non-hydrogen) atoms. The van der Waals surface area contributed by atoms with Crippen LogP contribution in [0.5, 0.6) is 0 Å². The van der Waals surface area contributed by atoms with Crippen LogP contribution in [0.1, 0.15) is 32.4 Å². The molecule has 0 unspecified atom stereocenters. The van der Waals surface area contributed by atoms with E-state index >= 15 is 0 Å². The fourth-order valence-electron chi connectivity index (χ4n) is 1.92. The van der Waals surface area contributed by atoms with E-state index in [1.54, 1.807) is 11.3 Å². The van der Waals surface area contributed by atoms with E-state index in [9.17, 15) is 4.79 Å². The third-order valence-corrected chi connectivity index (χ3v) is 3.75. The molecular formula is C14H19N3O2S. The molecule has 2 aromatic heterocycles.